The van der Waals surface area contributed by atoms with Crippen LogP contribution in [0.4, 0.5) is 0 Å². The van der Waals surface area contributed by atoms with Crippen LogP contribution in [0.3, 0.4) is 0 Å². The molecule has 0 bridgehead atoms. The highest BCUT2D eigenvalue weighted by Crippen LogP contribution is 2.22. The average molecular weight is 316 g/mol. The molecule has 1 rings (SSSR count). The van der Waals surface area contributed by atoms with Crippen LogP contribution in [-0.4, -0.2) is 32.9 Å². The maximum Gasteiger partial charge on any atom is 0.120 e. The first-order valence-corrected chi connectivity index (χ1v) is 7.05. The van der Waals surface area contributed by atoms with E-state index < -0.39 is 0 Å². The fourth-order valence-electron chi connectivity index (χ4n) is 1.61. The summed E-state index contributed by atoms with van der Waals surface area (Å²) in [6.45, 7) is 6.74. The quantitative estimate of drug-likeness (QED) is 0.747. The largest absolute Gasteiger partial charge is 0.489 e. The summed E-state index contributed by atoms with van der Waals surface area (Å²) in [5.74, 6) is 0.918. The van der Waals surface area contributed by atoms with Gasteiger partial charge in [0.05, 0.1) is 0 Å². The van der Waals surface area contributed by atoms with E-state index >= 15 is 0 Å². The lowest BCUT2D eigenvalue weighted by molar-refractivity contribution is 0.188. The molecule has 1 atom stereocenters. The van der Waals surface area contributed by atoms with E-state index in [-0.39, 0.29) is 6.10 Å². The van der Waals surface area contributed by atoms with Crippen molar-refractivity contribution in [3.8, 4) is 5.75 Å². The molecule has 0 aliphatic carbocycles. The van der Waals surface area contributed by atoms with Crippen LogP contribution in [0.2, 0.25) is 0 Å². The lowest BCUT2D eigenvalue weighted by Gasteiger charge is -2.16. The van der Waals surface area contributed by atoms with Crippen molar-refractivity contribution >= 4 is 15.9 Å². The van der Waals surface area contributed by atoms with Crippen LogP contribution in [0.15, 0.2) is 22.7 Å². The number of hydrogen-bond donors (Lipinski definition) is 1. The Hall–Kier alpha value is -0.580. The van der Waals surface area contributed by atoms with Crippen LogP contribution >= 0.6 is 15.9 Å². The van der Waals surface area contributed by atoms with Gasteiger partial charge in [-0.05, 0) is 50.6 Å². The van der Waals surface area contributed by atoms with Crippen LogP contribution in [0.5, 0.6) is 5.75 Å². The molecule has 3 nitrogen and oxygen atoms in total. The van der Waals surface area contributed by atoms with Gasteiger partial charge in [-0.1, -0.05) is 15.9 Å². The van der Waals surface area contributed by atoms with Gasteiger partial charge >= 0.3 is 0 Å². The second-order valence-corrected chi connectivity index (χ2v) is 5.24. The van der Waals surface area contributed by atoms with Crippen LogP contribution in [-0.2, 0) is 4.74 Å². The molecule has 0 saturated carbocycles. The number of methoxy groups -OCH3 is 1. The zero-order valence-electron chi connectivity index (χ0n) is 11.3. The molecule has 0 aliphatic rings. The Morgan fingerprint density at radius 2 is 2.17 bits per heavy atom. The number of halogens is 1. The molecule has 1 aromatic rings. The topological polar surface area (TPSA) is 30.5 Å². The number of nitrogens with one attached hydrogen (secondary N) is 1. The fourth-order valence-corrected chi connectivity index (χ4v) is 1.86. The van der Waals surface area contributed by atoms with Gasteiger partial charge in [-0.25, -0.2) is 0 Å². The molecule has 0 aliphatic heterocycles. The first-order chi connectivity index (χ1) is 8.63. The van der Waals surface area contributed by atoms with Crippen molar-refractivity contribution < 1.29 is 9.47 Å². The maximum atomic E-state index is 5.84. The Morgan fingerprint density at radius 1 is 1.39 bits per heavy atom. The normalized spacial score (nSPS) is 12.4. The summed E-state index contributed by atoms with van der Waals surface area (Å²) >= 11 is 3.48. The van der Waals surface area contributed by atoms with Crippen molar-refractivity contribution in [2.24, 2.45) is 0 Å². The second kappa shape index (κ2) is 8.51. The fraction of sp³-hybridized carbons (Fsp3) is 0.571. The molecule has 0 fully saturated rings. The highest BCUT2D eigenvalue weighted by molar-refractivity contribution is 9.10. The van der Waals surface area contributed by atoms with Gasteiger partial charge in [-0.15, -0.1) is 0 Å². The highest BCUT2D eigenvalue weighted by Gasteiger charge is 2.04. The van der Waals surface area contributed by atoms with Gasteiger partial charge in [0, 0.05) is 24.7 Å². The van der Waals surface area contributed by atoms with Crippen molar-refractivity contribution in [2.75, 3.05) is 26.8 Å². The number of hydrogen-bond acceptors (Lipinski definition) is 3. The predicted octanol–water partition coefficient (Wildman–Crippen LogP) is 3.15. The van der Waals surface area contributed by atoms with E-state index in [0.29, 0.717) is 0 Å². The molecule has 4 heteroatoms. The third-order valence-electron chi connectivity index (χ3n) is 2.60. The number of rotatable bonds is 8. The van der Waals surface area contributed by atoms with Crippen LogP contribution in [0.25, 0.3) is 0 Å². The summed E-state index contributed by atoms with van der Waals surface area (Å²) < 4.78 is 11.9. The SMILES string of the molecule is COCCCNCC(C)Oc1ccc(Br)c(C)c1. The molecule has 0 spiro atoms. The zero-order valence-corrected chi connectivity index (χ0v) is 12.9. The van der Waals surface area contributed by atoms with Crippen LogP contribution < -0.4 is 10.1 Å². The smallest absolute Gasteiger partial charge is 0.120 e. The molecular formula is C14H22BrNO2. The molecule has 0 radical (unpaired) electrons. The van der Waals surface area contributed by atoms with E-state index in [0.717, 1.165) is 36.3 Å². The molecule has 0 heterocycles. The number of benzene rings is 1. The average Bonchev–Trinajstić information content (AvgIpc) is 2.34. The summed E-state index contributed by atoms with van der Waals surface area (Å²) in [4.78, 5) is 0. The Balaban J connectivity index is 2.26. The van der Waals surface area contributed by atoms with Gasteiger partial charge < -0.3 is 14.8 Å². The lowest BCUT2D eigenvalue weighted by Crippen LogP contribution is -2.30. The molecule has 0 aromatic heterocycles. The van der Waals surface area contributed by atoms with E-state index in [2.05, 4.69) is 35.1 Å². The van der Waals surface area contributed by atoms with E-state index in [1.54, 1.807) is 7.11 Å². The first kappa shape index (κ1) is 15.5. The molecule has 18 heavy (non-hydrogen) atoms. The molecule has 0 saturated heterocycles. The monoisotopic (exact) mass is 315 g/mol. The van der Waals surface area contributed by atoms with Crippen molar-refractivity contribution in [2.45, 2.75) is 26.4 Å². The minimum atomic E-state index is 0.160. The van der Waals surface area contributed by atoms with E-state index in [1.807, 2.05) is 18.2 Å². The Morgan fingerprint density at radius 3 is 2.83 bits per heavy atom. The van der Waals surface area contributed by atoms with Gasteiger partial charge in [0.15, 0.2) is 0 Å². The molecule has 1 unspecified atom stereocenters. The van der Waals surface area contributed by atoms with Crippen LogP contribution in [0, 0.1) is 6.92 Å². The summed E-state index contributed by atoms with van der Waals surface area (Å²) in [5.41, 5.74) is 1.19. The minimum absolute atomic E-state index is 0.160. The number of aryl methyl sites for hydroxylation is 1. The Labute approximate surface area is 118 Å². The van der Waals surface area contributed by atoms with Crippen LogP contribution in [0.1, 0.15) is 18.9 Å². The highest BCUT2D eigenvalue weighted by atomic mass is 79.9. The van der Waals surface area contributed by atoms with Crippen molar-refractivity contribution in [3.63, 3.8) is 0 Å². The van der Waals surface area contributed by atoms with Gasteiger partial charge in [0.2, 0.25) is 0 Å². The molecule has 1 N–H and O–H groups in total. The van der Waals surface area contributed by atoms with Gasteiger partial charge in [0.25, 0.3) is 0 Å². The molecule has 1 aromatic carbocycles. The Bertz CT molecular complexity index is 358. The molecule has 0 amide bonds. The van der Waals surface area contributed by atoms with E-state index in [4.69, 9.17) is 9.47 Å². The molecule has 102 valence electrons. The number of ether oxygens (including phenoxy) is 2. The summed E-state index contributed by atoms with van der Waals surface area (Å²) in [5, 5.41) is 3.35. The third-order valence-corrected chi connectivity index (χ3v) is 3.49. The van der Waals surface area contributed by atoms with Crippen molar-refractivity contribution in [1.82, 2.24) is 5.32 Å². The lowest BCUT2D eigenvalue weighted by atomic mass is 10.2. The third kappa shape index (κ3) is 5.85. The first-order valence-electron chi connectivity index (χ1n) is 6.26. The minimum Gasteiger partial charge on any atom is -0.489 e. The molecular weight excluding hydrogens is 294 g/mol. The Kier molecular flexibility index (Phi) is 7.32. The summed E-state index contributed by atoms with van der Waals surface area (Å²) in [6, 6.07) is 6.05. The van der Waals surface area contributed by atoms with Crippen molar-refractivity contribution in [3.05, 3.63) is 28.2 Å². The van der Waals surface area contributed by atoms with Gasteiger partial charge in [0.1, 0.15) is 11.9 Å². The standard InChI is InChI=1S/C14H22BrNO2/c1-11-9-13(5-6-14(11)15)18-12(2)10-16-7-4-8-17-3/h5-6,9,12,16H,4,7-8,10H2,1-3H3. The van der Waals surface area contributed by atoms with Gasteiger partial charge in [-0.2, -0.15) is 0 Å². The zero-order chi connectivity index (χ0) is 13.4. The van der Waals surface area contributed by atoms with Gasteiger partial charge in [-0.3, -0.25) is 0 Å². The van der Waals surface area contributed by atoms with E-state index in [9.17, 15) is 0 Å². The predicted molar refractivity (Wildman–Crippen MR) is 78.3 cm³/mol. The summed E-state index contributed by atoms with van der Waals surface area (Å²) in [7, 11) is 1.72. The summed E-state index contributed by atoms with van der Waals surface area (Å²) in [6.07, 6.45) is 1.19. The van der Waals surface area contributed by atoms with Crippen molar-refractivity contribution in [1.29, 1.82) is 0 Å². The second-order valence-electron chi connectivity index (χ2n) is 4.39. The maximum absolute atomic E-state index is 5.84. The van der Waals surface area contributed by atoms with E-state index in [1.165, 1.54) is 5.56 Å².